The van der Waals surface area contributed by atoms with Crippen molar-refractivity contribution in [2.45, 2.75) is 0 Å². The van der Waals surface area contributed by atoms with E-state index in [1.165, 1.54) is 56.8 Å². The zero-order valence-electron chi connectivity index (χ0n) is 12.4. The third kappa shape index (κ3) is 3.88. The van der Waals surface area contributed by atoms with Crippen molar-refractivity contribution in [2.24, 2.45) is 10.2 Å². The van der Waals surface area contributed by atoms with E-state index >= 15 is 0 Å². The predicted molar refractivity (Wildman–Crippen MR) is 80.9 cm³/mol. The zero-order valence-corrected chi connectivity index (χ0v) is 12.4. The molecule has 0 unspecified atom stereocenters. The first kappa shape index (κ1) is 16.1. The van der Waals surface area contributed by atoms with E-state index in [0.29, 0.717) is 11.3 Å². The molecule has 0 aliphatic heterocycles. The topological polar surface area (TPSA) is 103 Å². The first-order valence-electron chi connectivity index (χ1n) is 6.46. The van der Waals surface area contributed by atoms with Gasteiger partial charge in [0.05, 0.1) is 31.0 Å². The van der Waals surface area contributed by atoms with E-state index in [-0.39, 0.29) is 23.0 Å². The number of ketones is 1. The number of nitro benzene ring substituents is 1. The lowest BCUT2D eigenvalue weighted by Gasteiger charge is -2.12. The van der Waals surface area contributed by atoms with Gasteiger partial charge in [0.15, 0.2) is 11.5 Å². The number of methoxy groups -OCH3 is 2. The fraction of sp³-hybridized carbons (Fsp3) is 0.133. The van der Waals surface area contributed by atoms with Crippen LogP contribution in [-0.2, 0) is 14.3 Å². The van der Waals surface area contributed by atoms with E-state index in [9.17, 15) is 14.9 Å². The van der Waals surface area contributed by atoms with Crippen molar-refractivity contribution in [2.75, 3.05) is 14.2 Å². The molecule has 8 heteroatoms. The Balaban J connectivity index is 2.18. The van der Waals surface area contributed by atoms with E-state index < -0.39 is 4.92 Å². The van der Waals surface area contributed by atoms with Gasteiger partial charge in [-0.3, -0.25) is 14.9 Å². The molecule has 1 aliphatic carbocycles. The van der Waals surface area contributed by atoms with Crippen molar-refractivity contribution in [1.82, 2.24) is 0 Å². The Hall–Kier alpha value is -3.29. The van der Waals surface area contributed by atoms with E-state index in [1.807, 2.05) is 0 Å². The van der Waals surface area contributed by atoms with Crippen LogP contribution in [0.5, 0.6) is 0 Å². The Morgan fingerprint density at radius 1 is 1.09 bits per heavy atom. The number of nitro groups is 1. The van der Waals surface area contributed by atoms with Crippen molar-refractivity contribution < 1.29 is 19.2 Å². The molecule has 1 aromatic carbocycles. The van der Waals surface area contributed by atoms with Crippen molar-refractivity contribution >= 4 is 17.2 Å². The summed E-state index contributed by atoms with van der Waals surface area (Å²) in [6.45, 7) is 0. The monoisotopic (exact) mass is 315 g/mol. The number of ether oxygens (including phenoxy) is 2. The summed E-state index contributed by atoms with van der Waals surface area (Å²) in [7, 11) is 2.77. The molecular formula is C15H13N3O5. The molecule has 0 saturated carbocycles. The Kier molecular flexibility index (Phi) is 4.98. The summed E-state index contributed by atoms with van der Waals surface area (Å²) in [6, 6.07) is 5.65. The first-order chi connectivity index (χ1) is 11.0. The fourth-order valence-corrected chi connectivity index (χ4v) is 1.78. The van der Waals surface area contributed by atoms with Gasteiger partial charge in [-0.15, -0.1) is 0 Å². The second kappa shape index (κ2) is 7.12. The minimum atomic E-state index is -0.490. The number of carbonyl (C=O) groups excluding carboxylic acids is 1. The highest BCUT2D eigenvalue weighted by atomic mass is 16.6. The number of Topliss-reactive ketones (excluding diaryl/α,β-unsaturated/α-hetero) is 1. The van der Waals surface area contributed by atoms with Crippen LogP contribution in [-0.4, -0.2) is 24.9 Å². The minimum absolute atomic E-state index is 0.0200. The van der Waals surface area contributed by atoms with Gasteiger partial charge in [-0.2, -0.15) is 10.2 Å². The van der Waals surface area contributed by atoms with Crippen LogP contribution >= 0.6 is 0 Å². The van der Waals surface area contributed by atoms with Gasteiger partial charge in [0, 0.05) is 17.7 Å². The average molecular weight is 315 g/mol. The lowest BCUT2D eigenvalue weighted by Crippen LogP contribution is -2.13. The molecule has 0 radical (unpaired) electrons. The SMILES string of the molecule is COC1=CC(=CN=Nc2ccc([N+](=O)[O-])cc2)C=C(OC)C1=O. The highest BCUT2D eigenvalue weighted by Crippen LogP contribution is 2.21. The molecule has 0 aromatic heterocycles. The second-order valence-electron chi connectivity index (χ2n) is 4.37. The molecule has 1 aromatic rings. The zero-order chi connectivity index (χ0) is 16.8. The summed E-state index contributed by atoms with van der Waals surface area (Å²) in [4.78, 5) is 21.9. The smallest absolute Gasteiger partial charge is 0.269 e. The maximum Gasteiger partial charge on any atom is 0.269 e. The van der Waals surface area contributed by atoms with Crippen LogP contribution in [0.2, 0.25) is 0 Å². The molecule has 1 aliphatic rings. The Morgan fingerprint density at radius 3 is 2.13 bits per heavy atom. The number of rotatable bonds is 5. The number of benzene rings is 1. The van der Waals surface area contributed by atoms with E-state index in [1.54, 1.807) is 0 Å². The van der Waals surface area contributed by atoms with E-state index in [2.05, 4.69) is 10.2 Å². The third-order valence-electron chi connectivity index (χ3n) is 2.92. The minimum Gasteiger partial charge on any atom is -0.492 e. The summed E-state index contributed by atoms with van der Waals surface area (Å²) >= 11 is 0. The summed E-state index contributed by atoms with van der Waals surface area (Å²) in [6.07, 6.45) is 4.45. The van der Waals surface area contributed by atoms with Crippen LogP contribution in [0.25, 0.3) is 0 Å². The molecule has 118 valence electrons. The highest BCUT2D eigenvalue weighted by molar-refractivity contribution is 6.07. The summed E-state index contributed by atoms with van der Waals surface area (Å²) in [5, 5.41) is 18.4. The van der Waals surface area contributed by atoms with Crippen LogP contribution in [0.1, 0.15) is 0 Å². The molecule has 0 N–H and O–H groups in total. The number of azo groups is 1. The molecule has 0 saturated heterocycles. The van der Waals surface area contributed by atoms with Gasteiger partial charge in [-0.1, -0.05) is 0 Å². The molecule has 8 nitrogen and oxygen atoms in total. The van der Waals surface area contributed by atoms with Crippen molar-refractivity contribution in [3.05, 3.63) is 69.8 Å². The van der Waals surface area contributed by atoms with Crippen LogP contribution in [0, 0.1) is 10.1 Å². The van der Waals surface area contributed by atoms with Crippen LogP contribution < -0.4 is 0 Å². The van der Waals surface area contributed by atoms with Gasteiger partial charge in [0.1, 0.15) is 0 Å². The Labute approximate surface area is 131 Å². The second-order valence-corrected chi connectivity index (χ2v) is 4.37. The van der Waals surface area contributed by atoms with Crippen LogP contribution in [0.15, 0.2) is 69.9 Å². The molecule has 23 heavy (non-hydrogen) atoms. The van der Waals surface area contributed by atoms with Gasteiger partial charge >= 0.3 is 0 Å². The highest BCUT2D eigenvalue weighted by Gasteiger charge is 2.21. The van der Waals surface area contributed by atoms with E-state index in [4.69, 9.17) is 9.47 Å². The number of hydrogen-bond donors (Lipinski definition) is 0. The van der Waals surface area contributed by atoms with Gasteiger partial charge in [0.2, 0.25) is 0 Å². The van der Waals surface area contributed by atoms with Crippen molar-refractivity contribution in [3.63, 3.8) is 0 Å². The molecule has 0 amide bonds. The maximum atomic E-state index is 11.8. The molecule has 0 fully saturated rings. The Morgan fingerprint density at radius 2 is 1.65 bits per heavy atom. The molecule has 0 bridgehead atoms. The van der Waals surface area contributed by atoms with Gasteiger partial charge in [-0.05, 0) is 24.3 Å². The van der Waals surface area contributed by atoms with Crippen LogP contribution in [0.4, 0.5) is 11.4 Å². The maximum absolute atomic E-state index is 11.8. The number of carbonyl (C=O) groups is 1. The quantitative estimate of drug-likeness (QED) is 0.471. The number of nitrogens with zero attached hydrogens (tertiary/aromatic N) is 3. The lowest BCUT2D eigenvalue weighted by atomic mass is 10.1. The number of allylic oxidation sites excluding steroid dienone is 3. The lowest BCUT2D eigenvalue weighted by molar-refractivity contribution is -0.384. The summed E-state index contributed by atoms with van der Waals surface area (Å²) < 4.78 is 9.96. The molecule has 0 atom stereocenters. The predicted octanol–water partition coefficient (Wildman–Crippen LogP) is 3.21. The van der Waals surface area contributed by atoms with Crippen molar-refractivity contribution in [1.29, 1.82) is 0 Å². The van der Waals surface area contributed by atoms with Crippen molar-refractivity contribution in [3.8, 4) is 0 Å². The standard InChI is InChI=1S/C15H13N3O5/c1-22-13-7-10(8-14(23-2)15(13)19)9-16-17-11-3-5-12(6-4-11)18(20)21/h3-9H,1-2H3. The third-order valence-corrected chi connectivity index (χ3v) is 2.92. The summed E-state index contributed by atoms with van der Waals surface area (Å²) in [5.41, 5.74) is 1.02. The first-order valence-corrected chi connectivity index (χ1v) is 6.46. The average Bonchev–Trinajstić information content (AvgIpc) is 2.56. The largest absolute Gasteiger partial charge is 0.492 e. The Bertz CT molecular complexity index is 719. The normalized spacial score (nSPS) is 14.3. The summed E-state index contributed by atoms with van der Waals surface area (Å²) in [5.74, 6) is -0.0678. The number of non-ortho nitro benzene ring substituents is 1. The van der Waals surface area contributed by atoms with E-state index in [0.717, 1.165) is 0 Å². The van der Waals surface area contributed by atoms with Gasteiger partial charge in [-0.25, -0.2) is 0 Å². The van der Waals surface area contributed by atoms with Gasteiger partial charge in [0.25, 0.3) is 11.5 Å². The molecular weight excluding hydrogens is 302 g/mol. The number of hydrogen-bond acceptors (Lipinski definition) is 7. The molecule has 0 heterocycles. The molecule has 0 spiro atoms. The molecule has 2 rings (SSSR count). The van der Waals surface area contributed by atoms with Gasteiger partial charge < -0.3 is 9.47 Å². The fourth-order valence-electron chi connectivity index (χ4n) is 1.78. The van der Waals surface area contributed by atoms with Crippen LogP contribution in [0.3, 0.4) is 0 Å².